The average molecular weight is 408 g/mol. The van der Waals surface area contributed by atoms with E-state index in [0.717, 1.165) is 5.56 Å². The van der Waals surface area contributed by atoms with Crippen LogP contribution in [-0.4, -0.2) is 35.4 Å². The number of hydrogen-bond donors (Lipinski definition) is 0. The first-order valence-corrected chi connectivity index (χ1v) is 9.19. The van der Waals surface area contributed by atoms with Gasteiger partial charge in [0.1, 0.15) is 5.76 Å². The van der Waals surface area contributed by atoms with Crippen LogP contribution in [0.3, 0.4) is 0 Å². The minimum Gasteiger partial charge on any atom is -0.450 e. The van der Waals surface area contributed by atoms with Gasteiger partial charge in [0.2, 0.25) is 5.76 Å². The molecule has 0 unspecified atom stereocenters. The molecule has 0 aliphatic rings. The molecule has 1 heterocycles. The number of nitro groups is 1. The Labute approximate surface area is 172 Å². The van der Waals surface area contributed by atoms with Crippen molar-refractivity contribution < 1.29 is 23.7 Å². The Morgan fingerprint density at radius 3 is 2.37 bits per heavy atom. The van der Waals surface area contributed by atoms with Crippen LogP contribution in [0, 0.1) is 10.1 Å². The van der Waals surface area contributed by atoms with E-state index in [0.29, 0.717) is 11.3 Å². The van der Waals surface area contributed by atoms with Crippen molar-refractivity contribution in [3.63, 3.8) is 0 Å². The Hall–Kier alpha value is -3.94. The lowest BCUT2D eigenvalue weighted by Crippen LogP contribution is -2.33. The first kappa shape index (κ1) is 20.8. The Kier molecular flexibility index (Phi) is 6.26. The largest absolute Gasteiger partial charge is 0.450 e. The molecule has 0 saturated carbocycles. The lowest BCUT2D eigenvalue weighted by Gasteiger charge is -2.25. The molecule has 8 heteroatoms. The molecular weight excluding hydrogens is 388 g/mol. The molecule has 3 rings (SSSR count). The van der Waals surface area contributed by atoms with Crippen molar-refractivity contribution in [2.24, 2.45) is 0 Å². The van der Waals surface area contributed by atoms with Crippen molar-refractivity contribution in [1.82, 2.24) is 4.90 Å². The quantitative estimate of drug-likeness (QED) is 0.329. The molecule has 0 radical (unpaired) electrons. The maximum Gasteiger partial charge on any atom is 0.374 e. The van der Waals surface area contributed by atoms with Gasteiger partial charge in [-0.2, -0.15) is 0 Å². The Morgan fingerprint density at radius 1 is 1.07 bits per heavy atom. The van der Waals surface area contributed by atoms with Crippen molar-refractivity contribution in [2.45, 2.75) is 13.0 Å². The van der Waals surface area contributed by atoms with Crippen LogP contribution in [0.1, 0.15) is 29.1 Å². The number of furan rings is 1. The van der Waals surface area contributed by atoms with Crippen molar-refractivity contribution >= 4 is 17.6 Å². The molecule has 0 saturated heterocycles. The highest BCUT2D eigenvalue weighted by Gasteiger charge is 2.20. The number of rotatable bonds is 7. The molecule has 154 valence electrons. The number of non-ortho nitro benzene ring substituents is 1. The van der Waals surface area contributed by atoms with Crippen LogP contribution in [0.2, 0.25) is 0 Å². The SMILES string of the molecule is C[C@@H](c1ccccc1)N(C)C(=O)COC(=O)c1ccc(-c2ccc([N+](=O)[O-])cc2)o1. The minimum atomic E-state index is -0.766. The lowest BCUT2D eigenvalue weighted by molar-refractivity contribution is -0.384. The summed E-state index contributed by atoms with van der Waals surface area (Å²) in [5, 5.41) is 10.7. The van der Waals surface area contributed by atoms with E-state index in [1.54, 1.807) is 13.1 Å². The summed E-state index contributed by atoms with van der Waals surface area (Å²) in [6.07, 6.45) is 0. The van der Waals surface area contributed by atoms with Crippen LogP contribution in [0.4, 0.5) is 5.69 Å². The second-order valence-corrected chi connectivity index (χ2v) is 6.64. The molecule has 0 fully saturated rings. The highest BCUT2D eigenvalue weighted by atomic mass is 16.6. The molecule has 0 N–H and O–H groups in total. The first-order chi connectivity index (χ1) is 14.4. The van der Waals surface area contributed by atoms with Crippen molar-refractivity contribution in [3.05, 3.63) is 88.2 Å². The third-order valence-corrected chi connectivity index (χ3v) is 4.75. The molecule has 1 aromatic heterocycles. The van der Waals surface area contributed by atoms with Crippen LogP contribution in [0.5, 0.6) is 0 Å². The Balaban J connectivity index is 1.58. The molecule has 30 heavy (non-hydrogen) atoms. The number of amides is 1. The summed E-state index contributed by atoms with van der Waals surface area (Å²) < 4.78 is 10.6. The fraction of sp³-hybridized carbons (Fsp3) is 0.182. The average Bonchev–Trinajstić information content (AvgIpc) is 3.27. The van der Waals surface area contributed by atoms with Crippen LogP contribution in [0.25, 0.3) is 11.3 Å². The van der Waals surface area contributed by atoms with Gasteiger partial charge in [-0.15, -0.1) is 0 Å². The molecule has 8 nitrogen and oxygen atoms in total. The number of nitro benzene ring substituents is 1. The topological polar surface area (TPSA) is 103 Å². The van der Waals surface area contributed by atoms with E-state index in [9.17, 15) is 19.7 Å². The molecule has 1 amide bonds. The summed E-state index contributed by atoms with van der Waals surface area (Å²) in [6.45, 7) is 1.47. The van der Waals surface area contributed by atoms with E-state index in [-0.39, 0.29) is 23.4 Å². The summed E-state index contributed by atoms with van der Waals surface area (Å²) in [4.78, 5) is 36.3. The summed E-state index contributed by atoms with van der Waals surface area (Å²) in [7, 11) is 1.65. The summed E-state index contributed by atoms with van der Waals surface area (Å²) in [5.74, 6) is -0.813. The lowest BCUT2D eigenvalue weighted by atomic mass is 10.1. The fourth-order valence-electron chi connectivity index (χ4n) is 2.82. The third kappa shape index (κ3) is 4.72. The molecule has 0 bridgehead atoms. The van der Waals surface area contributed by atoms with Crippen molar-refractivity contribution in [2.75, 3.05) is 13.7 Å². The maximum atomic E-state index is 12.4. The van der Waals surface area contributed by atoms with Crippen molar-refractivity contribution in [1.29, 1.82) is 0 Å². The number of esters is 1. The van der Waals surface area contributed by atoms with Crippen LogP contribution >= 0.6 is 0 Å². The number of ether oxygens (including phenoxy) is 1. The predicted octanol–water partition coefficient (Wildman–Crippen LogP) is 4.23. The molecule has 2 aromatic carbocycles. The van der Waals surface area contributed by atoms with Crippen LogP contribution < -0.4 is 0 Å². The smallest absolute Gasteiger partial charge is 0.374 e. The fourth-order valence-corrected chi connectivity index (χ4v) is 2.82. The van der Waals surface area contributed by atoms with E-state index in [4.69, 9.17) is 9.15 Å². The van der Waals surface area contributed by atoms with Crippen LogP contribution in [-0.2, 0) is 9.53 Å². The van der Waals surface area contributed by atoms with Gasteiger partial charge in [0.25, 0.3) is 11.6 Å². The van der Waals surface area contributed by atoms with Gasteiger partial charge < -0.3 is 14.1 Å². The zero-order chi connectivity index (χ0) is 21.7. The number of nitrogens with zero attached hydrogens (tertiary/aromatic N) is 2. The van der Waals surface area contributed by atoms with E-state index >= 15 is 0 Å². The van der Waals surface area contributed by atoms with Gasteiger partial charge >= 0.3 is 5.97 Å². The maximum absolute atomic E-state index is 12.4. The second kappa shape index (κ2) is 9.04. The Morgan fingerprint density at radius 2 is 1.73 bits per heavy atom. The molecule has 0 aliphatic heterocycles. The molecule has 0 spiro atoms. The van der Waals surface area contributed by atoms with E-state index < -0.39 is 17.5 Å². The molecule has 1 atom stereocenters. The van der Waals surface area contributed by atoms with Crippen molar-refractivity contribution in [3.8, 4) is 11.3 Å². The number of carbonyl (C=O) groups is 2. The zero-order valence-electron chi connectivity index (χ0n) is 16.5. The van der Waals surface area contributed by atoms with E-state index in [1.807, 2.05) is 37.3 Å². The summed E-state index contributed by atoms with van der Waals surface area (Å²) in [6, 6.07) is 18.1. The van der Waals surface area contributed by atoms with Gasteiger partial charge in [-0.05, 0) is 36.8 Å². The summed E-state index contributed by atoms with van der Waals surface area (Å²) >= 11 is 0. The van der Waals surface area contributed by atoms with Crippen LogP contribution in [0.15, 0.2) is 71.1 Å². The van der Waals surface area contributed by atoms with E-state index in [2.05, 4.69) is 0 Å². The number of likely N-dealkylation sites (N-methyl/N-ethyl adjacent to an activating group) is 1. The zero-order valence-corrected chi connectivity index (χ0v) is 16.5. The molecule has 0 aliphatic carbocycles. The normalized spacial score (nSPS) is 11.5. The summed E-state index contributed by atoms with van der Waals surface area (Å²) in [5.41, 5.74) is 1.50. The van der Waals surface area contributed by atoms with E-state index in [1.165, 1.54) is 35.2 Å². The van der Waals surface area contributed by atoms with Gasteiger partial charge in [-0.25, -0.2) is 4.79 Å². The number of hydrogen-bond acceptors (Lipinski definition) is 6. The van der Waals surface area contributed by atoms with Gasteiger partial charge in [0, 0.05) is 24.7 Å². The first-order valence-electron chi connectivity index (χ1n) is 9.19. The van der Waals surface area contributed by atoms with Gasteiger partial charge in [0.15, 0.2) is 6.61 Å². The standard InChI is InChI=1S/C22H20N2O6/c1-15(16-6-4-3-5-7-16)23(2)21(25)14-29-22(26)20-13-12-19(30-20)17-8-10-18(11-9-17)24(27)28/h3-13,15H,14H2,1-2H3/t15-/m0/s1. The highest BCUT2D eigenvalue weighted by molar-refractivity contribution is 5.89. The Bertz CT molecular complexity index is 1040. The number of benzene rings is 2. The van der Waals surface area contributed by atoms with Gasteiger partial charge in [0.05, 0.1) is 11.0 Å². The highest BCUT2D eigenvalue weighted by Crippen LogP contribution is 2.25. The van der Waals surface area contributed by atoms with Gasteiger partial charge in [-0.3, -0.25) is 14.9 Å². The number of carbonyl (C=O) groups excluding carboxylic acids is 2. The monoisotopic (exact) mass is 408 g/mol. The minimum absolute atomic E-state index is 0.0442. The predicted molar refractivity (Wildman–Crippen MR) is 109 cm³/mol. The molecular formula is C22H20N2O6. The third-order valence-electron chi connectivity index (χ3n) is 4.75. The van der Waals surface area contributed by atoms with Gasteiger partial charge in [-0.1, -0.05) is 30.3 Å². The second-order valence-electron chi connectivity index (χ2n) is 6.64. The molecule has 3 aromatic rings.